The molecule has 0 unspecified atom stereocenters. The number of carbonyl (C=O) groups is 2. The second-order valence-electron chi connectivity index (χ2n) is 6.78. The molecule has 0 saturated heterocycles. The van der Waals surface area contributed by atoms with Crippen LogP contribution in [0.3, 0.4) is 0 Å². The molecule has 0 saturated carbocycles. The molecule has 7 nitrogen and oxygen atoms in total. The van der Waals surface area contributed by atoms with Gasteiger partial charge in [0.05, 0.1) is 15.6 Å². The van der Waals surface area contributed by atoms with Gasteiger partial charge in [0, 0.05) is 13.1 Å². The molecule has 152 valence electrons. The van der Waals surface area contributed by atoms with Crippen molar-refractivity contribution in [3.63, 3.8) is 0 Å². The maximum absolute atomic E-state index is 12.4. The largest absolute Gasteiger partial charge is 0.452 e. The van der Waals surface area contributed by atoms with Crippen molar-refractivity contribution in [1.29, 1.82) is 0 Å². The number of ether oxygens (including phenoxy) is 1. The van der Waals surface area contributed by atoms with Gasteiger partial charge in [0.25, 0.3) is 5.91 Å². The summed E-state index contributed by atoms with van der Waals surface area (Å²) in [6.07, 6.45) is 0. The van der Waals surface area contributed by atoms with Crippen LogP contribution in [0.15, 0.2) is 17.0 Å². The zero-order valence-corrected chi connectivity index (χ0v) is 18.0. The predicted octanol–water partition coefficient (Wildman–Crippen LogP) is 2.86. The van der Waals surface area contributed by atoms with Crippen LogP contribution in [-0.2, 0) is 19.6 Å². The minimum absolute atomic E-state index is 0.0737. The molecule has 0 heterocycles. The summed E-state index contributed by atoms with van der Waals surface area (Å²) >= 11 is 12.0. The van der Waals surface area contributed by atoms with E-state index < -0.39 is 28.5 Å². The summed E-state index contributed by atoms with van der Waals surface area (Å²) in [5, 5.41) is 2.40. The molecule has 0 aliphatic heterocycles. The highest BCUT2D eigenvalue weighted by atomic mass is 35.5. The molecule has 1 aromatic carbocycles. The lowest BCUT2D eigenvalue weighted by atomic mass is 10.2. The third-order valence-corrected chi connectivity index (χ3v) is 5.46. The van der Waals surface area contributed by atoms with Crippen molar-refractivity contribution in [3.8, 4) is 0 Å². The van der Waals surface area contributed by atoms with Gasteiger partial charge in [-0.2, -0.15) is 0 Å². The first-order chi connectivity index (χ1) is 12.4. The number of nitrogens with one attached hydrogen (secondary N) is 2. The maximum atomic E-state index is 12.4. The van der Waals surface area contributed by atoms with Gasteiger partial charge < -0.3 is 10.1 Å². The van der Waals surface area contributed by atoms with E-state index in [2.05, 4.69) is 10.0 Å². The molecule has 0 atom stereocenters. The number of sulfonamides is 1. The first kappa shape index (κ1) is 23.7. The molecule has 0 radical (unpaired) electrons. The molecule has 0 aliphatic rings. The summed E-state index contributed by atoms with van der Waals surface area (Å²) in [5.41, 5.74) is -0.192. The first-order valence-corrected chi connectivity index (χ1v) is 10.6. The monoisotopic (exact) mass is 438 g/mol. The van der Waals surface area contributed by atoms with Crippen molar-refractivity contribution < 1.29 is 22.7 Å². The Morgan fingerprint density at radius 3 is 2.19 bits per heavy atom. The summed E-state index contributed by atoms with van der Waals surface area (Å²) in [6, 6.07) is 2.20. The van der Waals surface area contributed by atoms with E-state index in [-0.39, 0.29) is 38.9 Å². The van der Waals surface area contributed by atoms with Crippen LogP contribution in [0.5, 0.6) is 0 Å². The van der Waals surface area contributed by atoms with Gasteiger partial charge in [-0.3, -0.25) is 4.79 Å². The number of esters is 1. The summed E-state index contributed by atoms with van der Waals surface area (Å²) in [7, 11) is -3.94. The standard InChI is InChI=1S/C17H24Cl2N2O5S/c1-10(2)7-20-16(22)9-26-17(23)12-5-15(14(19)6-13(12)18)27(24,25)21-8-11(3)4/h5-6,10-11,21H,7-9H2,1-4H3,(H,20,22). The molecular formula is C17H24Cl2N2O5S. The number of benzene rings is 1. The number of hydrogen-bond acceptors (Lipinski definition) is 5. The van der Waals surface area contributed by atoms with E-state index in [1.165, 1.54) is 0 Å². The van der Waals surface area contributed by atoms with Gasteiger partial charge >= 0.3 is 5.97 Å². The van der Waals surface area contributed by atoms with Gasteiger partial charge in [0.2, 0.25) is 10.0 Å². The summed E-state index contributed by atoms with van der Waals surface area (Å²) in [4.78, 5) is 23.6. The van der Waals surface area contributed by atoms with Crippen molar-refractivity contribution in [2.45, 2.75) is 32.6 Å². The van der Waals surface area contributed by atoms with Crippen molar-refractivity contribution >= 4 is 45.1 Å². The fraction of sp³-hybridized carbons (Fsp3) is 0.529. The molecule has 0 aliphatic carbocycles. The van der Waals surface area contributed by atoms with Crippen LogP contribution in [0.4, 0.5) is 0 Å². The Hall–Kier alpha value is -1.35. The van der Waals surface area contributed by atoms with Crippen LogP contribution in [-0.4, -0.2) is 40.0 Å². The molecule has 0 spiro atoms. The highest BCUT2D eigenvalue weighted by Gasteiger charge is 2.23. The van der Waals surface area contributed by atoms with E-state index in [1.54, 1.807) is 0 Å². The number of halogens is 2. The van der Waals surface area contributed by atoms with E-state index >= 15 is 0 Å². The molecule has 0 aromatic heterocycles. The zero-order valence-electron chi connectivity index (χ0n) is 15.6. The van der Waals surface area contributed by atoms with Gasteiger partial charge in [0.1, 0.15) is 4.90 Å². The second-order valence-corrected chi connectivity index (χ2v) is 9.33. The van der Waals surface area contributed by atoms with Crippen LogP contribution < -0.4 is 10.0 Å². The third kappa shape index (κ3) is 7.65. The quantitative estimate of drug-likeness (QED) is 0.577. The van der Waals surface area contributed by atoms with Crippen molar-refractivity contribution in [2.75, 3.05) is 19.7 Å². The Morgan fingerprint density at radius 1 is 1.04 bits per heavy atom. The maximum Gasteiger partial charge on any atom is 0.340 e. The normalized spacial score (nSPS) is 11.7. The lowest BCUT2D eigenvalue weighted by Crippen LogP contribution is -2.31. The van der Waals surface area contributed by atoms with Crippen LogP contribution in [0, 0.1) is 11.8 Å². The molecule has 0 fully saturated rings. The number of rotatable bonds is 9. The molecule has 2 N–H and O–H groups in total. The number of hydrogen-bond donors (Lipinski definition) is 2. The van der Waals surface area contributed by atoms with Crippen molar-refractivity contribution in [2.24, 2.45) is 11.8 Å². The van der Waals surface area contributed by atoms with Gasteiger partial charge in [-0.25, -0.2) is 17.9 Å². The highest BCUT2D eigenvalue weighted by molar-refractivity contribution is 7.89. The summed E-state index contributed by atoms with van der Waals surface area (Å²) < 4.78 is 32.1. The molecule has 1 rings (SSSR count). The Kier molecular flexibility index (Phi) is 9.01. The van der Waals surface area contributed by atoms with Gasteiger partial charge in [-0.05, 0) is 24.0 Å². The van der Waals surface area contributed by atoms with Crippen molar-refractivity contribution in [1.82, 2.24) is 10.0 Å². The summed E-state index contributed by atoms with van der Waals surface area (Å²) in [6.45, 7) is 7.69. The smallest absolute Gasteiger partial charge is 0.340 e. The average molecular weight is 439 g/mol. The van der Waals surface area contributed by atoms with Gasteiger partial charge in [0.15, 0.2) is 6.61 Å². The zero-order chi connectivity index (χ0) is 20.8. The van der Waals surface area contributed by atoms with E-state index in [0.717, 1.165) is 12.1 Å². The highest BCUT2D eigenvalue weighted by Crippen LogP contribution is 2.29. The lowest BCUT2D eigenvalue weighted by molar-refractivity contribution is -0.124. The summed E-state index contributed by atoms with van der Waals surface area (Å²) in [5.74, 6) is -1.05. The molecule has 1 aromatic rings. The first-order valence-electron chi connectivity index (χ1n) is 8.36. The van der Waals surface area contributed by atoms with E-state index in [1.807, 2.05) is 27.7 Å². The molecule has 10 heteroatoms. The minimum Gasteiger partial charge on any atom is -0.452 e. The van der Waals surface area contributed by atoms with E-state index in [0.29, 0.717) is 6.54 Å². The van der Waals surface area contributed by atoms with E-state index in [4.69, 9.17) is 27.9 Å². The Labute approximate surface area is 169 Å². The lowest BCUT2D eigenvalue weighted by Gasteiger charge is -2.13. The Bertz CT molecular complexity index is 795. The average Bonchev–Trinajstić information content (AvgIpc) is 2.55. The van der Waals surface area contributed by atoms with Gasteiger partial charge in [-0.1, -0.05) is 50.9 Å². The van der Waals surface area contributed by atoms with Crippen LogP contribution in [0.2, 0.25) is 10.0 Å². The van der Waals surface area contributed by atoms with E-state index in [9.17, 15) is 18.0 Å². The fourth-order valence-corrected chi connectivity index (χ4v) is 3.89. The predicted molar refractivity (Wildman–Crippen MR) is 105 cm³/mol. The third-order valence-electron chi connectivity index (χ3n) is 3.25. The minimum atomic E-state index is -3.94. The Morgan fingerprint density at radius 2 is 1.63 bits per heavy atom. The Balaban J connectivity index is 2.95. The fourth-order valence-electron chi connectivity index (χ4n) is 1.82. The van der Waals surface area contributed by atoms with Gasteiger partial charge in [-0.15, -0.1) is 0 Å². The number of amides is 1. The molecular weight excluding hydrogens is 415 g/mol. The second kappa shape index (κ2) is 10.3. The van der Waals surface area contributed by atoms with Crippen LogP contribution in [0.1, 0.15) is 38.1 Å². The molecule has 1 amide bonds. The van der Waals surface area contributed by atoms with Crippen LogP contribution >= 0.6 is 23.2 Å². The van der Waals surface area contributed by atoms with Crippen molar-refractivity contribution in [3.05, 3.63) is 27.7 Å². The number of carbonyl (C=O) groups excluding carboxylic acids is 2. The molecule has 27 heavy (non-hydrogen) atoms. The van der Waals surface area contributed by atoms with Crippen LogP contribution in [0.25, 0.3) is 0 Å². The molecule has 0 bridgehead atoms. The topological polar surface area (TPSA) is 102 Å². The SMILES string of the molecule is CC(C)CNC(=O)COC(=O)c1cc(S(=O)(=O)NCC(C)C)c(Cl)cc1Cl.